The van der Waals surface area contributed by atoms with Crippen LogP contribution in [0.5, 0.6) is 11.5 Å². The van der Waals surface area contributed by atoms with E-state index in [0.29, 0.717) is 5.75 Å². The molecule has 1 atom stereocenters. The summed E-state index contributed by atoms with van der Waals surface area (Å²) < 4.78 is 17.4. The molecule has 1 fully saturated rings. The van der Waals surface area contributed by atoms with Gasteiger partial charge in [0.15, 0.2) is 11.6 Å². The summed E-state index contributed by atoms with van der Waals surface area (Å²) in [6.07, 6.45) is -0.393. The number of carbonyl (C=O) groups excluding carboxylic acids is 3. The Morgan fingerprint density at radius 1 is 0.897 bits per heavy atom. The predicted octanol–water partition coefficient (Wildman–Crippen LogP) is 6.51. The zero-order chi connectivity index (χ0) is 28.0. The molecule has 1 heterocycles. The van der Waals surface area contributed by atoms with Crippen LogP contribution in [0, 0.1) is 5.92 Å². The van der Waals surface area contributed by atoms with Crippen LogP contribution in [0.3, 0.4) is 0 Å². The van der Waals surface area contributed by atoms with Gasteiger partial charge < -0.3 is 19.1 Å². The van der Waals surface area contributed by atoms with Crippen molar-refractivity contribution in [2.24, 2.45) is 5.92 Å². The first-order valence-electron chi connectivity index (χ1n) is 12.8. The maximum absolute atomic E-state index is 13.7. The number of ketones is 2. The molecule has 0 aliphatic carbocycles. The first kappa shape index (κ1) is 28.2. The van der Waals surface area contributed by atoms with Crippen LogP contribution in [0.15, 0.2) is 72.8 Å². The van der Waals surface area contributed by atoms with E-state index in [1.807, 2.05) is 60.7 Å². The molecule has 0 spiro atoms. The van der Waals surface area contributed by atoms with Crippen LogP contribution < -0.4 is 9.47 Å². The molecule has 0 N–H and O–H groups in total. The lowest BCUT2D eigenvalue weighted by molar-refractivity contribution is -0.125. The van der Waals surface area contributed by atoms with Gasteiger partial charge in [-0.2, -0.15) is 0 Å². The number of ether oxygens (including phenoxy) is 3. The zero-order valence-electron chi connectivity index (χ0n) is 22.3. The summed E-state index contributed by atoms with van der Waals surface area (Å²) in [5.74, 6) is -1.03. The highest BCUT2D eigenvalue weighted by atomic mass is 35.5. The molecule has 0 aromatic heterocycles. The number of benzene rings is 3. The van der Waals surface area contributed by atoms with Gasteiger partial charge in [0.25, 0.3) is 0 Å². The SMILES string of the molecule is CC(C)(C)OC(=O)N1CCC(C(=O)c2cc(Cl)c(OCc3ccccc3)cc2OCc2ccccc2)C(=O)C1. The largest absolute Gasteiger partial charge is 0.488 e. The number of rotatable bonds is 8. The van der Waals surface area contributed by atoms with E-state index in [4.69, 9.17) is 25.8 Å². The minimum Gasteiger partial charge on any atom is -0.488 e. The highest BCUT2D eigenvalue weighted by Gasteiger charge is 2.37. The van der Waals surface area contributed by atoms with Gasteiger partial charge in [0, 0.05) is 12.6 Å². The number of likely N-dealkylation sites (tertiary alicyclic amines) is 1. The topological polar surface area (TPSA) is 82.1 Å². The van der Waals surface area contributed by atoms with Crippen LogP contribution in [0.2, 0.25) is 5.02 Å². The van der Waals surface area contributed by atoms with E-state index in [1.54, 1.807) is 26.8 Å². The lowest BCUT2D eigenvalue weighted by atomic mass is 9.87. The van der Waals surface area contributed by atoms with Crippen molar-refractivity contribution in [2.75, 3.05) is 13.1 Å². The van der Waals surface area contributed by atoms with E-state index in [9.17, 15) is 14.4 Å². The average molecular weight is 550 g/mol. The number of nitrogens with zero attached hydrogens (tertiary/aromatic N) is 1. The normalized spacial score (nSPS) is 15.5. The van der Waals surface area contributed by atoms with E-state index >= 15 is 0 Å². The van der Waals surface area contributed by atoms with Crippen LogP contribution in [0.25, 0.3) is 0 Å². The summed E-state index contributed by atoms with van der Waals surface area (Å²) in [5.41, 5.74) is 1.40. The molecule has 0 bridgehead atoms. The van der Waals surface area contributed by atoms with E-state index in [1.165, 1.54) is 11.0 Å². The van der Waals surface area contributed by atoms with Crippen molar-refractivity contribution >= 4 is 29.3 Å². The molecule has 0 radical (unpaired) electrons. The number of halogens is 1. The van der Waals surface area contributed by atoms with E-state index < -0.39 is 23.4 Å². The van der Waals surface area contributed by atoms with Crippen molar-refractivity contribution in [3.63, 3.8) is 0 Å². The van der Waals surface area contributed by atoms with E-state index in [0.717, 1.165) is 11.1 Å². The molecular formula is C31H32ClNO6. The third-order valence-electron chi connectivity index (χ3n) is 6.17. The maximum atomic E-state index is 13.7. The van der Waals surface area contributed by atoms with Gasteiger partial charge in [-0.25, -0.2) is 4.79 Å². The van der Waals surface area contributed by atoms with Crippen molar-refractivity contribution in [1.29, 1.82) is 0 Å². The monoisotopic (exact) mass is 549 g/mol. The minimum atomic E-state index is -0.921. The van der Waals surface area contributed by atoms with Gasteiger partial charge in [0.05, 0.1) is 23.0 Å². The quantitative estimate of drug-likeness (QED) is 0.235. The van der Waals surface area contributed by atoms with Gasteiger partial charge in [-0.3, -0.25) is 9.59 Å². The first-order valence-corrected chi connectivity index (χ1v) is 13.2. The minimum absolute atomic E-state index is 0.179. The molecule has 1 amide bonds. The highest BCUT2D eigenvalue weighted by molar-refractivity contribution is 6.32. The molecule has 7 nitrogen and oxygen atoms in total. The molecular weight excluding hydrogens is 518 g/mol. The number of hydrogen-bond donors (Lipinski definition) is 0. The van der Waals surface area contributed by atoms with Crippen molar-refractivity contribution in [3.8, 4) is 11.5 Å². The number of hydrogen-bond acceptors (Lipinski definition) is 6. The van der Waals surface area contributed by atoms with Gasteiger partial charge in [0.2, 0.25) is 0 Å². The lowest BCUT2D eigenvalue weighted by Gasteiger charge is -2.32. The summed E-state index contributed by atoms with van der Waals surface area (Å²) in [4.78, 5) is 40.5. The van der Waals surface area contributed by atoms with Gasteiger partial charge in [-0.1, -0.05) is 72.3 Å². The molecule has 3 aromatic rings. The molecule has 1 aliphatic heterocycles. The van der Waals surface area contributed by atoms with Crippen LogP contribution in [-0.2, 0) is 22.7 Å². The van der Waals surface area contributed by atoms with Crippen LogP contribution in [-0.4, -0.2) is 41.3 Å². The molecule has 1 aliphatic rings. The van der Waals surface area contributed by atoms with Gasteiger partial charge in [0.1, 0.15) is 30.3 Å². The second-order valence-electron chi connectivity index (χ2n) is 10.4. The van der Waals surface area contributed by atoms with Crippen LogP contribution in [0.1, 0.15) is 48.7 Å². The molecule has 0 saturated carbocycles. The Balaban J connectivity index is 1.55. The van der Waals surface area contributed by atoms with Crippen LogP contribution in [0.4, 0.5) is 4.79 Å². The Labute approximate surface area is 233 Å². The molecule has 4 rings (SSSR count). The Bertz CT molecular complexity index is 1320. The fourth-order valence-corrected chi connectivity index (χ4v) is 4.42. The molecule has 1 saturated heterocycles. The second kappa shape index (κ2) is 12.3. The number of Topliss-reactive ketones (excluding diaryl/α,β-unsaturated/α-hetero) is 2. The Morgan fingerprint density at radius 2 is 1.46 bits per heavy atom. The Morgan fingerprint density at radius 3 is 2.00 bits per heavy atom. The second-order valence-corrected chi connectivity index (χ2v) is 10.8. The van der Waals surface area contributed by atoms with Crippen molar-refractivity contribution in [3.05, 3.63) is 94.5 Å². The lowest BCUT2D eigenvalue weighted by Crippen LogP contribution is -2.48. The fraction of sp³-hybridized carbons (Fsp3) is 0.323. The number of carbonyl (C=O) groups is 3. The summed E-state index contributed by atoms with van der Waals surface area (Å²) in [6, 6.07) is 22.3. The summed E-state index contributed by atoms with van der Waals surface area (Å²) >= 11 is 6.54. The summed E-state index contributed by atoms with van der Waals surface area (Å²) in [5, 5.41) is 0.236. The van der Waals surface area contributed by atoms with Gasteiger partial charge in [-0.05, 0) is 44.4 Å². The smallest absolute Gasteiger partial charge is 0.410 e. The molecule has 204 valence electrons. The van der Waals surface area contributed by atoms with Crippen molar-refractivity contribution in [1.82, 2.24) is 4.90 Å². The van der Waals surface area contributed by atoms with Gasteiger partial charge in [-0.15, -0.1) is 0 Å². The summed E-state index contributed by atoms with van der Waals surface area (Å²) in [7, 11) is 0. The number of amides is 1. The molecule has 39 heavy (non-hydrogen) atoms. The average Bonchev–Trinajstić information content (AvgIpc) is 2.91. The van der Waals surface area contributed by atoms with Crippen molar-refractivity contribution in [2.45, 2.75) is 46.0 Å². The van der Waals surface area contributed by atoms with E-state index in [2.05, 4.69) is 0 Å². The Hall–Kier alpha value is -3.84. The van der Waals surface area contributed by atoms with E-state index in [-0.39, 0.29) is 54.8 Å². The fourth-order valence-electron chi connectivity index (χ4n) is 4.20. The third-order valence-corrected chi connectivity index (χ3v) is 6.46. The molecule has 3 aromatic carbocycles. The van der Waals surface area contributed by atoms with Gasteiger partial charge >= 0.3 is 6.09 Å². The van der Waals surface area contributed by atoms with Crippen molar-refractivity contribution < 1.29 is 28.6 Å². The Kier molecular flexibility index (Phi) is 8.92. The standard InChI is InChI=1S/C31H32ClNO6/c1-31(2,3)39-30(36)33-15-14-23(26(34)18-33)29(35)24-16-25(32)28(38-20-22-12-8-5-9-13-22)17-27(24)37-19-21-10-6-4-7-11-21/h4-13,16-17,23H,14-15,18-20H2,1-3H3. The summed E-state index contributed by atoms with van der Waals surface area (Å²) in [6.45, 7) is 5.81. The predicted molar refractivity (Wildman–Crippen MR) is 148 cm³/mol. The van der Waals surface area contributed by atoms with Crippen LogP contribution >= 0.6 is 11.6 Å². The maximum Gasteiger partial charge on any atom is 0.410 e. The highest BCUT2D eigenvalue weighted by Crippen LogP contribution is 2.36. The number of piperidine rings is 1. The third kappa shape index (κ3) is 7.60. The zero-order valence-corrected chi connectivity index (χ0v) is 23.1. The molecule has 8 heteroatoms. The first-order chi connectivity index (χ1) is 18.6. The molecule has 1 unspecified atom stereocenters.